The number of nitrogens with one attached hydrogen (secondary N) is 1. The van der Waals surface area contributed by atoms with Gasteiger partial charge in [0.05, 0.1) is 0 Å². The lowest BCUT2D eigenvalue weighted by Crippen LogP contribution is -2.16. The third-order valence-electron chi connectivity index (χ3n) is 3.23. The second kappa shape index (κ2) is 8.64. The molecule has 0 spiro atoms. The molecule has 4 nitrogen and oxygen atoms in total. The van der Waals surface area contributed by atoms with Crippen LogP contribution in [0.4, 0.5) is 5.82 Å². The molecule has 0 saturated heterocycles. The molecule has 0 aliphatic heterocycles. The van der Waals surface area contributed by atoms with E-state index in [0.29, 0.717) is 24.7 Å². The number of hydrogen-bond acceptors (Lipinski definition) is 3. The topological polar surface area (TPSA) is 68.0 Å². The van der Waals surface area contributed by atoms with Gasteiger partial charge >= 0.3 is 0 Å². The van der Waals surface area contributed by atoms with Gasteiger partial charge in [-0.1, -0.05) is 19.8 Å². The largest absolute Gasteiger partial charge is 0.330 e. The van der Waals surface area contributed by atoms with E-state index >= 15 is 0 Å². The molecule has 106 valence electrons. The van der Waals surface area contributed by atoms with Gasteiger partial charge in [0.1, 0.15) is 5.82 Å². The average Bonchev–Trinajstić information content (AvgIpc) is 2.36. The van der Waals surface area contributed by atoms with E-state index in [4.69, 9.17) is 5.73 Å². The summed E-state index contributed by atoms with van der Waals surface area (Å²) in [5.41, 5.74) is 6.69. The van der Waals surface area contributed by atoms with E-state index in [2.05, 4.69) is 17.2 Å². The maximum atomic E-state index is 11.9. The normalized spacial score (nSPS) is 12.2. The van der Waals surface area contributed by atoms with Gasteiger partial charge in [-0.05, 0) is 49.9 Å². The lowest BCUT2D eigenvalue weighted by molar-refractivity contribution is -0.116. The van der Waals surface area contributed by atoms with Crippen LogP contribution in [0, 0.1) is 12.8 Å². The van der Waals surface area contributed by atoms with E-state index in [1.807, 2.05) is 19.1 Å². The molecular formula is C15H25N3O. The Labute approximate surface area is 115 Å². The number of carbonyl (C=O) groups is 1. The van der Waals surface area contributed by atoms with Crippen LogP contribution >= 0.6 is 0 Å². The summed E-state index contributed by atoms with van der Waals surface area (Å²) >= 11 is 0. The molecule has 0 saturated carbocycles. The van der Waals surface area contributed by atoms with E-state index in [9.17, 15) is 4.79 Å². The van der Waals surface area contributed by atoms with Crippen LogP contribution in [0.3, 0.4) is 0 Å². The first kappa shape index (κ1) is 15.6. The standard InChI is InChI=1S/C15H25N3O/c1-3-4-13(7-9-16)5-6-15(19)18-14-11-12(2)8-10-17-14/h8,10-11,13H,3-7,9,16H2,1-2H3,(H,17,18,19). The minimum Gasteiger partial charge on any atom is -0.330 e. The van der Waals surface area contributed by atoms with Crippen LogP contribution in [0.1, 0.15) is 44.6 Å². The first-order valence-electron chi connectivity index (χ1n) is 7.08. The first-order valence-corrected chi connectivity index (χ1v) is 7.08. The number of carbonyl (C=O) groups excluding carboxylic acids is 1. The van der Waals surface area contributed by atoms with Gasteiger partial charge in [-0.25, -0.2) is 4.98 Å². The second-order valence-corrected chi connectivity index (χ2v) is 5.04. The predicted octanol–water partition coefficient (Wildman–Crippen LogP) is 2.87. The molecule has 1 heterocycles. The van der Waals surface area contributed by atoms with Crippen molar-refractivity contribution in [3.8, 4) is 0 Å². The molecule has 1 aromatic heterocycles. The molecule has 0 bridgehead atoms. The van der Waals surface area contributed by atoms with Crippen LogP contribution in [0.2, 0.25) is 0 Å². The fourth-order valence-corrected chi connectivity index (χ4v) is 2.22. The maximum absolute atomic E-state index is 11.9. The molecule has 1 atom stereocenters. The molecule has 1 amide bonds. The molecule has 19 heavy (non-hydrogen) atoms. The first-order chi connectivity index (χ1) is 9.15. The number of aryl methyl sites for hydroxylation is 1. The smallest absolute Gasteiger partial charge is 0.225 e. The maximum Gasteiger partial charge on any atom is 0.225 e. The van der Waals surface area contributed by atoms with Crippen LogP contribution in [-0.2, 0) is 4.79 Å². The fraction of sp³-hybridized carbons (Fsp3) is 0.600. The summed E-state index contributed by atoms with van der Waals surface area (Å²) in [6.45, 7) is 4.85. The van der Waals surface area contributed by atoms with Gasteiger partial charge in [0.25, 0.3) is 0 Å². The van der Waals surface area contributed by atoms with Crippen LogP contribution in [0.5, 0.6) is 0 Å². The van der Waals surface area contributed by atoms with E-state index < -0.39 is 0 Å². The summed E-state index contributed by atoms with van der Waals surface area (Å²) in [4.78, 5) is 16.0. The van der Waals surface area contributed by atoms with Crippen molar-refractivity contribution < 1.29 is 4.79 Å². The Bertz CT molecular complexity index is 387. The number of amides is 1. The van der Waals surface area contributed by atoms with Gasteiger partial charge in [-0.15, -0.1) is 0 Å². The van der Waals surface area contributed by atoms with Crippen molar-refractivity contribution in [2.45, 2.75) is 46.0 Å². The quantitative estimate of drug-likeness (QED) is 0.757. The lowest BCUT2D eigenvalue weighted by Gasteiger charge is -2.14. The zero-order valence-electron chi connectivity index (χ0n) is 12.0. The highest BCUT2D eigenvalue weighted by atomic mass is 16.1. The van der Waals surface area contributed by atoms with Crippen molar-refractivity contribution in [1.29, 1.82) is 0 Å². The molecule has 0 aliphatic rings. The minimum atomic E-state index is 0.0382. The van der Waals surface area contributed by atoms with E-state index in [-0.39, 0.29) is 5.91 Å². The average molecular weight is 263 g/mol. The van der Waals surface area contributed by atoms with Crippen molar-refractivity contribution in [3.63, 3.8) is 0 Å². The number of hydrogen-bond donors (Lipinski definition) is 2. The summed E-state index contributed by atoms with van der Waals surface area (Å²) in [7, 11) is 0. The number of nitrogens with two attached hydrogens (primary N) is 1. The molecule has 4 heteroatoms. The van der Waals surface area contributed by atoms with Crippen LogP contribution in [-0.4, -0.2) is 17.4 Å². The zero-order chi connectivity index (χ0) is 14.1. The van der Waals surface area contributed by atoms with Crippen LogP contribution in [0.25, 0.3) is 0 Å². The Kier molecular flexibility index (Phi) is 7.11. The Morgan fingerprint density at radius 1 is 1.42 bits per heavy atom. The molecule has 0 radical (unpaired) electrons. The summed E-state index contributed by atoms with van der Waals surface area (Å²) in [6, 6.07) is 3.79. The molecule has 1 rings (SSSR count). The van der Waals surface area contributed by atoms with Crippen LogP contribution in [0.15, 0.2) is 18.3 Å². The van der Waals surface area contributed by atoms with E-state index in [1.165, 1.54) is 0 Å². The summed E-state index contributed by atoms with van der Waals surface area (Å²) in [6.07, 6.45) is 6.45. The van der Waals surface area contributed by atoms with Crippen molar-refractivity contribution in [3.05, 3.63) is 23.9 Å². The van der Waals surface area contributed by atoms with Crippen molar-refractivity contribution >= 4 is 11.7 Å². The number of rotatable bonds is 8. The third-order valence-corrected chi connectivity index (χ3v) is 3.23. The molecular weight excluding hydrogens is 238 g/mol. The van der Waals surface area contributed by atoms with Gasteiger partial charge < -0.3 is 11.1 Å². The number of nitrogens with zero attached hydrogens (tertiary/aromatic N) is 1. The molecule has 1 unspecified atom stereocenters. The zero-order valence-corrected chi connectivity index (χ0v) is 12.0. The van der Waals surface area contributed by atoms with Gasteiger partial charge in [-0.2, -0.15) is 0 Å². The highest BCUT2D eigenvalue weighted by Gasteiger charge is 2.10. The number of pyridine rings is 1. The monoisotopic (exact) mass is 263 g/mol. The third kappa shape index (κ3) is 6.34. The Morgan fingerprint density at radius 3 is 2.84 bits per heavy atom. The molecule has 0 fully saturated rings. The van der Waals surface area contributed by atoms with Gasteiger partial charge in [0, 0.05) is 12.6 Å². The van der Waals surface area contributed by atoms with E-state index in [1.54, 1.807) is 6.20 Å². The molecule has 0 aromatic carbocycles. The fourth-order valence-electron chi connectivity index (χ4n) is 2.22. The number of aromatic nitrogens is 1. The number of anilines is 1. The second-order valence-electron chi connectivity index (χ2n) is 5.04. The summed E-state index contributed by atoms with van der Waals surface area (Å²) in [5, 5.41) is 2.84. The van der Waals surface area contributed by atoms with Crippen molar-refractivity contribution in [2.75, 3.05) is 11.9 Å². The van der Waals surface area contributed by atoms with Gasteiger partial charge in [0.2, 0.25) is 5.91 Å². The highest BCUT2D eigenvalue weighted by Crippen LogP contribution is 2.17. The SMILES string of the molecule is CCCC(CCN)CCC(=O)Nc1cc(C)ccn1. The van der Waals surface area contributed by atoms with Crippen molar-refractivity contribution in [2.24, 2.45) is 11.7 Å². The van der Waals surface area contributed by atoms with Gasteiger partial charge in [0.15, 0.2) is 0 Å². The molecule has 0 aliphatic carbocycles. The minimum absolute atomic E-state index is 0.0382. The van der Waals surface area contributed by atoms with Gasteiger partial charge in [-0.3, -0.25) is 4.79 Å². The van der Waals surface area contributed by atoms with Crippen LogP contribution < -0.4 is 11.1 Å². The van der Waals surface area contributed by atoms with E-state index in [0.717, 1.165) is 31.2 Å². The predicted molar refractivity (Wildman–Crippen MR) is 78.9 cm³/mol. The Balaban J connectivity index is 2.38. The summed E-state index contributed by atoms with van der Waals surface area (Å²) < 4.78 is 0. The molecule has 3 N–H and O–H groups in total. The van der Waals surface area contributed by atoms with Crippen molar-refractivity contribution in [1.82, 2.24) is 4.98 Å². The molecule has 1 aromatic rings. The summed E-state index contributed by atoms with van der Waals surface area (Å²) in [5.74, 6) is 1.23. The Hall–Kier alpha value is -1.42. The highest BCUT2D eigenvalue weighted by molar-refractivity contribution is 5.89. The Morgan fingerprint density at radius 2 is 2.21 bits per heavy atom. The lowest BCUT2D eigenvalue weighted by atomic mass is 9.94.